The maximum Gasteiger partial charge on any atom is 0.253 e. The molecule has 2 aromatic rings. The molecule has 1 saturated carbocycles. The first-order valence-electron chi connectivity index (χ1n) is 8.84. The van der Waals surface area contributed by atoms with Crippen LogP contribution in [-0.2, 0) is 0 Å². The van der Waals surface area contributed by atoms with Crippen LogP contribution in [0.15, 0.2) is 48.8 Å². The Bertz CT molecular complexity index is 659. The van der Waals surface area contributed by atoms with Crippen molar-refractivity contribution >= 4 is 5.91 Å². The van der Waals surface area contributed by atoms with Crippen molar-refractivity contribution < 1.29 is 4.79 Å². The number of carbonyl (C=O) groups is 1. The predicted octanol–water partition coefficient (Wildman–Crippen LogP) is 4.13. The number of nitrogens with zero attached hydrogens (tertiary/aromatic N) is 2. The standard InChI is InChI=1S/C20H24N2O/c23-20(22-14-11-16-5-1-2-6-18(16)15-22)17-7-9-19(10-8-17)21-12-3-4-13-21/h3-4,7-10,12-13,16,18H,1-2,5-6,11,14-15H2/t16-,18-/m0/s1. The first-order valence-corrected chi connectivity index (χ1v) is 8.84. The molecule has 0 bridgehead atoms. The van der Waals surface area contributed by atoms with Crippen LogP contribution in [0.4, 0.5) is 0 Å². The van der Waals surface area contributed by atoms with Gasteiger partial charge in [0.25, 0.3) is 5.91 Å². The second kappa shape index (κ2) is 6.23. The van der Waals surface area contributed by atoms with Gasteiger partial charge in [-0.25, -0.2) is 0 Å². The van der Waals surface area contributed by atoms with Crippen LogP contribution < -0.4 is 0 Å². The van der Waals surface area contributed by atoms with Crippen molar-refractivity contribution in [3.63, 3.8) is 0 Å². The predicted molar refractivity (Wildman–Crippen MR) is 91.7 cm³/mol. The molecular formula is C20H24N2O. The van der Waals surface area contributed by atoms with E-state index in [0.717, 1.165) is 36.2 Å². The van der Waals surface area contributed by atoms with Crippen LogP contribution in [0.3, 0.4) is 0 Å². The largest absolute Gasteiger partial charge is 0.338 e. The summed E-state index contributed by atoms with van der Waals surface area (Å²) in [5.41, 5.74) is 1.91. The molecule has 1 aliphatic heterocycles. The second-order valence-electron chi connectivity index (χ2n) is 6.98. The van der Waals surface area contributed by atoms with Gasteiger partial charge in [0.2, 0.25) is 0 Å². The summed E-state index contributed by atoms with van der Waals surface area (Å²) in [5.74, 6) is 1.80. The Morgan fingerprint density at radius 2 is 1.61 bits per heavy atom. The van der Waals surface area contributed by atoms with Crippen molar-refractivity contribution in [1.29, 1.82) is 0 Å². The van der Waals surface area contributed by atoms with E-state index in [9.17, 15) is 4.79 Å². The van der Waals surface area contributed by atoms with Crippen molar-refractivity contribution in [2.75, 3.05) is 13.1 Å². The average molecular weight is 308 g/mol. The molecule has 3 heteroatoms. The van der Waals surface area contributed by atoms with Crippen LogP contribution in [0.1, 0.15) is 42.5 Å². The lowest BCUT2D eigenvalue weighted by atomic mass is 9.75. The van der Waals surface area contributed by atoms with Crippen LogP contribution >= 0.6 is 0 Å². The van der Waals surface area contributed by atoms with Crippen molar-refractivity contribution in [1.82, 2.24) is 9.47 Å². The first kappa shape index (κ1) is 14.6. The van der Waals surface area contributed by atoms with Crippen molar-refractivity contribution in [3.05, 3.63) is 54.4 Å². The third-order valence-corrected chi connectivity index (χ3v) is 5.60. The minimum absolute atomic E-state index is 0.202. The zero-order chi connectivity index (χ0) is 15.6. The van der Waals surface area contributed by atoms with Crippen LogP contribution in [0.2, 0.25) is 0 Å². The van der Waals surface area contributed by atoms with Crippen LogP contribution in [0, 0.1) is 11.8 Å². The van der Waals surface area contributed by atoms with Gasteiger partial charge in [-0.1, -0.05) is 19.3 Å². The second-order valence-corrected chi connectivity index (χ2v) is 6.98. The summed E-state index contributed by atoms with van der Waals surface area (Å²) in [5, 5.41) is 0. The molecule has 1 aliphatic carbocycles. The summed E-state index contributed by atoms with van der Waals surface area (Å²) < 4.78 is 2.06. The molecule has 2 aliphatic rings. The number of aromatic nitrogens is 1. The lowest BCUT2D eigenvalue weighted by molar-refractivity contribution is 0.0521. The molecule has 0 N–H and O–H groups in total. The first-order chi connectivity index (χ1) is 11.3. The maximum absolute atomic E-state index is 12.8. The molecule has 120 valence electrons. The number of amides is 1. The molecule has 0 spiro atoms. The summed E-state index contributed by atoms with van der Waals surface area (Å²) in [7, 11) is 0. The van der Waals surface area contributed by atoms with E-state index in [0.29, 0.717) is 0 Å². The Hall–Kier alpha value is -2.03. The Balaban J connectivity index is 1.46. The Morgan fingerprint density at radius 3 is 2.35 bits per heavy atom. The van der Waals surface area contributed by atoms with E-state index in [1.165, 1.54) is 32.1 Å². The quantitative estimate of drug-likeness (QED) is 0.819. The molecular weight excluding hydrogens is 284 g/mol. The number of carbonyl (C=O) groups excluding carboxylic acids is 1. The van der Waals surface area contributed by atoms with E-state index in [1.54, 1.807) is 0 Å². The van der Waals surface area contributed by atoms with Gasteiger partial charge >= 0.3 is 0 Å². The van der Waals surface area contributed by atoms with E-state index in [4.69, 9.17) is 0 Å². The molecule has 0 radical (unpaired) electrons. The van der Waals surface area contributed by atoms with Gasteiger partial charge in [0.05, 0.1) is 0 Å². The fraction of sp³-hybridized carbons (Fsp3) is 0.450. The molecule has 23 heavy (non-hydrogen) atoms. The van der Waals surface area contributed by atoms with E-state index in [-0.39, 0.29) is 5.91 Å². The molecule has 2 heterocycles. The van der Waals surface area contributed by atoms with Crippen LogP contribution in [0.25, 0.3) is 5.69 Å². The van der Waals surface area contributed by atoms with Crippen molar-refractivity contribution in [3.8, 4) is 5.69 Å². The summed E-state index contributed by atoms with van der Waals surface area (Å²) in [6, 6.07) is 12.0. The van der Waals surface area contributed by atoms with Gasteiger partial charge in [-0.3, -0.25) is 4.79 Å². The lowest BCUT2D eigenvalue weighted by Crippen LogP contribution is -2.44. The van der Waals surface area contributed by atoms with Gasteiger partial charge in [-0.15, -0.1) is 0 Å². The molecule has 0 unspecified atom stereocenters. The number of fused-ring (bicyclic) bond motifs is 1. The minimum Gasteiger partial charge on any atom is -0.338 e. The Labute approximate surface area is 137 Å². The number of likely N-dealkylation sites (tertiary alicyclic amines) is 1. The number of benzene rings is 1. The zero-order valence-corrected chi connectivity index (χ0v) is 13.5. The van der Waals surface area contributed by atoms with Gasteiger partial charge in [-0.2, -0.15) is 0 Å². The highest BCUT2D eigenvalue weighted by Crippen LogP contribution is 2.36. The van der Waals surface area contributed by atoms with Gasteiger partial charge < -0.3 is 9.47 Å². The highest BCUT2D eigenvalue weighted by Gasteiger charge is 2.33. The summed E-state index contributed by atoms with van der Waals surface area (Å²) in [4.78, 5) is 14.9. The zero-order valence-electron chi connectivity index (χ0n) is 13.5. The van der Waals surface area contributed by atoms with Gasteiger partial charge in [-0.05, 0) is 61.1 Å². The highest BCUT2D eigenvalue weighted by atomic mass is 16.2. The average Bonchev–Trinajstić information content (AvgIpc) is 3.15. The maximum atomic E-state index is 12.8. The van der Waals surface area contributed by atoms with E-state index < -0.39 is 0 Å². The Morgan fingerprint density at radius 1 is 0.913 bits per heavy atom. The Kier molecular flexibility index (Phi) is 3.94. The smallest absolute Gasteiger partial charge is 0.253 e. The monoisotopic (exact) mass is 308 g/mol. The molecule has 4 rings (SSSR count). The molecule has 1 amide bonds. The van der Waals surface area contributed by atoms with Gasteiger partial charge in [0.1, 0.15) is 0 Å². The van der Waals surface area contributed by atoms with Crippen LogP contribution in [-0.4, -0.2) is 28.5 Å². The van der Waals surface area contributed by atoms with Crippen molar-refractivity contribution in [2.45, 2.75) is 32.1 Å². The SMILES string of the molecule is O=C(c1ccc(-n2cccc2)cc1)N1CC[C@@H]2CCCC[C@H]2C1. The van der Waals surface area contributed by atoms with Gasteiger partial charge in [0.15, 0.2) is 0 Å². The molecule has 1 saturated heterocycles. The van der Waals surface area contributed by atoms with Gasteiger partial charge in [0, 0.05) is 36.7 Å². The fourth-order valence-corrected chi connectivity index (χ4v) is 4.25. The minimum atomic E-state index is 0.202. The van der Waals surface area contributed by atoms with Crippen LogP contribution in [0.5, 0.6) is 0 Å². The molecule has 2 fully saturated rings. The highest BCUT2D eigenvalue weighted by molar-refractivity contribution is 5.94. The summed E-state index contributed by atoms with van der Waals surface area (Å²) in [6.07, 6.45) is 10.6. The number of hydrogen-bond donors (Lipinski definition) is 0. The molecule has 2 atom stereocenters. The third kappa shape index (κ3) is 2.92. The summed E-state index contributed by atoms with van der Waals surface area (Å²) in [6.45, 7) is 1.89. The number of piperidine rings is 1. The van der Waals surface area contributed by atoms with E-state index in [1.807, 2.05) is 48.8 Å². The molecule has 1 aromatic carbocycles. The van der Waals surface area contributed by atoms with Crippen molar-refractivity contribution in [2.24, 2.45) is 11.8 Å². The summed E-state index contributed by atoms with van der Waals surface area (Å²) >= 11 is 0. The fourth-order valence-electron chi connectivity index (χ4n) is 4.25. The number of rotatable bonds is 2. The number of hydrogen-bond acceptors (Lipinski definition) is 1. The molecule has 3 nitrogen and oxygen atoms in total. The molecule has 1 aromatic heterocycles. The topological polar surface area (TPSA) is 25.2 Å². The normalized spacial score (nSPS) is 24.3. The van der Waals surface area contributed by atoms with E-state index >= 15 is 0 Å². The van der Waals surface area contributed by atoms with E-state index in [2.05, 4.69) is 9.47 Å². The third-order valence-electron chi connectivity index (χ3n) is 5.60. The lowest BCUT2D eigenvalue weighted by Gasteiger charge is -2.41.